The SMILES string of the molecule is C=C(/C=C\C=C/CC)[C@H](C/C(=N\O)c1ccnc(C)c1)c1ccc(Br)cc1. The highest BCUT2D eigenvalue weighted by atomic mass is 79.9. The van der Waals surface area contributed by atoms with Crippen LogP contribution < -0.4 is 0 Å². The Labute approximate surface area is 170 Å². The van der Waals surface area contributed by atoms with Crippen LogP contribution >= 0.6 is 15.9 Å². The molecule has 0 aliphatic heterocycles. The van der Waals surface area contributed by atoms with Gasteiger partial charge in [-0.15, -0.1) is 0 Å². The van der Waals surface area contributed by atoms with Crippen LogP contribution in [0.4, 0.5) is 0 Å². The monoisotopic (exact) mass is 424 g/mol. The second-order valence-corrected chi connectivity index (χ2v) is 7.23. The summed E-state index contributed by atoms with van der Waals surface area (Å²) in [5.41, 5.74) is 4.46. The van der Waals surface area contributed by atoms with Crippen molar-refractivity contribution in [1.29, 1.82) is 0 Å². The standard InChI is InChI=1S/C23H25BrN2O/c1-4-5-6-7-8-17(2)22(19-9-11-21(24)12-10-19)16-23(26-27)20-13-14-25-18(3)15-20/h5-15,22,27H,2,4,16H2,1,3H3/b6-5-,8-7-,26-23+/t22-/m0/s1. The van der Waals surface area contributed by atoms with Crippen LogP contribution in [0.25, 0.3) is 0 Å². The molecule has 1 aromatic heterocycles. The van der Waals surface area contributed by atoms with Gasteiger partial charge in [0.15, 0.2) is 0 Å². The molecule has 0 saturated carbocycles. The molecule has 3 nitrogen and oxygen atoms in total. The van der Waals surface area contributed by atoms with Crippen LogP contribution in [0.2, 0.25) is 0 Å². The zero-order valence-electron chi connectivity index (χ0n) is 15.8. The lowest BCUT2D eigenvalue weighted by molar-refractivity contribution is 0.317. The van der Waals surface area contributed by atoms with E-state index in [1.165, 1.54) is 0 Å². The summed E-state index contributed by atoms with van der Waals surface area (Å²) < 4.78 is 1.03. The third-order valence-electron chi connectivity index (χ3n) is 4.26. The number of oxime groups is 1. The minimum Gasteiger partial charge on any atom is -0.411 e. The topological polar surface area (TPSA) is 45.5 Å². The number of nitrogens with zero attached hydrogens (tertiary/aromatic N) is 2. The van der Waals surface area contributed by atoms with Crippen molar-refractivity contribution in [1.82, 2.24) is 4.98 Å². The van der Waals surface area contributed by atoms with E-state index < -0.39 is 0 Å². The molecule has 0 amide bonds. The molecule has 1 heterocycles. The first-order chi connectivity index (χ1) is 13.0. The van der Waals surface area contributed by atoms with Crippen LogP contribution in [0.1, 0.15) is 42.5 Å². The van der Waals surface area contributed by atoms with Gasteiger partial charge in [-0.05, 0) is 48.7 Å². The molecule has 0 spiro atoms. The lowest BCUT2D eigenvalue weighted by Crippen LogP contribution is -2.11. The van der Waals surface area contributed by atoms with Crippen molar-refractivity contribution in [3.63, 3.8) is 0 Å². The number of benzene rings is 1. The van der Waals surface area contributed by atoms with Crippen molar-refractivity contribution >= 4 is 21.6 Å². The third kappa shape index (κ3) is 6.33. The molecule has 0 saturated heterocycles. The van der Waals surface area contributed by atoms with Gasteiger partial charge >= 0.3 is 0 Å². The van der Waals surface area contributed by atoms with E-state index >= 15 is 0 Å². The molecule has 2 rings (SSSR count). The van der Waals surface area contributed by atoms with Crippen molar-refractivity contribution in [3.8, 4) is 0 Å². The van der Waals surface area contributed by atoms with Gasteiger partial charge < -0.3 is 5.21 Å². The first-order valence-corrected chi connectivity index (χ1v) is 9.75. The molecular formula is C23H25BrN2O. The van der Waals surface area contributed by atoms with Gasteiger partial charge in [-0.25, -0.2) is 0 Å². The fraction of sp³-hybridized carbons (Fsp3) is 0.217. The summed E-state index contributed by atoms with van der Waals surface area (Å²) in [6, 6.07) is 12.0. The maximum absolute atomic E-state index is 9.64. The number of allylic oxidation sites excluding steroid dienone is 5. The average Bonchev–Trinajstić information content (AvgIpc) is 2.67. The van der Waals surface area contributed by atoms with E-state index in [-0.39, 0.29) is 5.92 Å². The van der Waals surface area contributed by atoms with Crippen molar-refractivity contribution in [2.75, 3.05) is 0 Å². The maximum atomic E-state index is 9.64. The number of hydrogen-bond acceptors (Lipinski definition) is 3. The molecule has 1 aromatic carbocycles. The van der Waals surface area contributed by atoms with Gasteiger partial charge in [0.1, 0.15) is 0 Å². The molecule has 140 valence electrons. The van der Waals surface area contributed by atoms with Crippen molar-refractivity contribution in [2.24, 2.45) is 5.16 Å². The number of pyridine rings is 1. The molecule has 1 N–H and O–H groups in total. The average molecular weight is 425 g/mol. The van der Waals surface area contributed by atoms with E-state index in [1.807, 2.05) is 49.4 Å². The first-order valence-electron chi connectivity index (χ1n) is 8.96. The second kappa shape index (κ2) is 10.6. The highest BCUT2D eigenvalue weighted by Gasteiger charge is 2.18. The normalized spacial score (nSPS) is 13.4. The van der Waals surface area contributed by atoms with Crippen LogP contribution in [0.3, 0.4) is 0 Å². The molecule has 1 atom stereocenters. The molecule has 0 aliphatic rings. The number of rotatable bonds is 8. The van der Waals surface area contributed by atoms with E-state index in [0.717, 1.165) is 33.3 Å². The Morgan fingerprint density at radius 1 is 1.26 bits per heavy atom. The van der Waals surface area contributed by atoms with Crippen molar-refractivity contribution in [3.05, 3.63) is 100 Å². The van der Waals surface area contributed by atoms with Gasteiger partial charge in [0.25, 0.3) is 0 Å². The maximum Gasteiger partial charge on any atom is 0.0878 e. The number of aryl methyl sites for hydroxylation is 1. The van der Waals surface area contributed by atoms with E-state index in [9.17, 15) is 5.21 Å². The Hall–Kier alpha value is -2.46. The Morgan fingerprint density at radius 2 is 2.00 bits per heavy atom. The number of halogens is 1. The van der Waals surface area contributed by atoms with E-state index in [0.29, 0.717) is 12.1 Å². The van der Waals surface area contributed by atoms with Crippen molar-refractivity contribution in [2.45, 2.75) is 32.6 Å². The molecule has 0 unspecified atom stereocenters. The van der Waals surface area contributed by atoms with Crippen LogP contribution in [-0.2, 0) is 0 Å². The van der Waals surface area contributed by atoms with Gasteiger partial charge in [-0.1, -0.05) is 71.0 Å². The van der Waals surface area contributed by atoms with Crippen LogP contribution in [0, 0.1) is 6.92 Å². The fourth-order valence-corrected chi connectivity index (χ4v) is 3.07. The van der Waals surface area contributed by atoms with Gasteiger partial charge in [-0.3, -0.25) is 4.98 Å². The van der Waals surface area contributed by atoms with Gasteiger partial charge in [0, 0.05) is 34.3 Å². The quantitative estimate of drug-likeness (QED) is 0.225. The Morgan fingerprint density at radius 3 is 2.63 bits per heavy atom. The fourth-order valence-electron chi connectivity index (χ4n) is 2.80. The van der Waals surface area contributed by atoms with Gasteiger partial charge in [-0.2, -0.15) is 0 Å². The lowest BCUT2D eigenvalue weighted by Gasteiger charge is -2.19. The summed E-state index contributed by atoms with van der Waals surface area (Å²) in [7, 11) is 0. The summed E-state index contributed by atoms with van der Waals surface area (Å²) in [6.07, 6.45) is 11.4. The van der Waals surface area contributed by atoms with E-state index in [2.05, 4.69) is 57.8 Å². The lowest BCUT2D eigenvalue weighted by atomic mass is 9.85. The minimum absolute atomic E-state index is 0.00347. The summed E-state index contributed by atoms with van der Waals surface area (Å²) in [4.78, 5) is 4.22. The highest BCUT2D eigenvalue weighted by molar-refractivity contribution is 9.10. The zero-order chi connectivity index (χ0) is 19.6. The number of aromatic nitrogens is 1. The Bertz CT molecular complexity index is 851. The summed E-state index contributed by atoms with van der Waals surface area (Å²) in [5.74, 6) is 0.00347. The summed E-state index contributed by atoms with van der Waals surface area (Å²) in [6.45, 7) is 8.29. The molecule has 0 radical (unpaired) electrons. The van der Waals surface area contributed by atoms with Crippen LogP contribution in [-0.4, -0.2) is 15.9 Å². The van der Waals surface area contributed by atoms with E-state index in [1.54, 1.807) is 6.20 Å². The summed E-state index contributed by atoms with van der Waals surface area (Å²) >= 11 is 3.48. The molecule has 27 heavy (non-hydrogen) atoms. The molecule has 0 fully saturated rings. The smallest absolute Gasteiger partial charge is 0.0878 e. The van der Waals surface area contributed by atoms with Gasteiger partial charge in [0.05, 0.1) is 5.71 Å². The predicted octanol–water partition coefficient (Wildman–Crippen LogP) is 6.58. The van der Waals surface area contributed by atoms with E-state index in [4.69, 9.17) is 0 Å². The second-order valence-electron chi connectivity index (χ2n) is 6.31. The van der Waals surface area contributed by atoms with Crippen molar-refractivity contribution < 1.29 is 5.21 Å². The van der Waals surface area contributed by atoms with Gasteiger partial charge in [0.2, 0.25) is 0 Å². The zero-order valence-corrected chi connectivity index (χ0v) is 17.4. The predicted molar refractivity (Wildman–Crippen MR) is 117 cm³/mol. The Kier molecular flexibility index (Phi) is 8.21. The molecule has 0 aliphatic carbocycles. The highest BCUT2D eigenvalue weighted by Crippen LogP contribution is 2.30. The van der Waals surface area contributed by atoms with Crippen LogP contribution in [0.15, 0.2) is 88.7 Å². The minimum atomic E-state index is 0.00347. The van der Waals surface area contributed by atoms with Crippen LogP contribution in [0.5, 0.6) is 0 Å². The molecule has 0 bridgehead atoms. The molecule has 2 aromatic rings. The summed E-state index contributed by atoms with van der Waals surface area (Å²) in [5, 5.41) is 13.2. The number of hydrogen-bond donors (Lipinski definition) is 1. The molecule has 4 heteroatoms. The first kappa shape index (κ1) is 20.8. The molecular weight excluding hydrogens is 400 g/mol. The Balaban J connectivity index is 2.33. The third-order valence-corrected chi connectivity index (χ3v) is 4.79. The largest absolute Gasteiger partial charge is 0.411 e.